The van der Waals surface area contributed by atoms with E-state index in [-0.39, 0.29) is 17.1 Å². The number of hydrogen-bond donors (Lipinski definition) is 2. The summed E-state index contributed by atoms with van der Waals surface area (Å²) < 4.78 is 92.1. The van der Waals surface area contributed by atoms with Crippen LogP contribution < -0.4 is 0 Å². The van der Waals surface area contributed by atoms with Gasteiger partial charge in [-0.3, -0.25) is 0 Å². The molecule has 0 aliphatic carbocycles. The molecule has 0 aliphatic heterocycles. The van der Waals surface area contributed by atoms with Gasteiger partial charge in [-0.1, -0.05) is 0 Å². The van der Waals surface area contributed by atoms with Crippen molar-refractivity contribution in [3.63, 3.8) is 0 Å². The van der Waals surface area contributed by atoms with Gasteiger partial charge in [-0.05, 0) is 6.92 Å². The molecule has 0 heterocycles. The maximum absolute atomic E-state index is 13.6. The Hall–Kier alpha value is -1.34. The van der Waals surface area contributed by atoms with Crippen molar-refractivity contribution in [3.8, 4) is 6.07 Å². The van der Waals surface area contributed by atoms with Crippen molar-refractivity contribution in [1.29, 1.82) is 5.26 Å². The molecule has 1 aromatic carbocycles. The van der Waals surface area contributed by atoms with E-state index in [1.54, 1.807) is 0 Å². The van der Waals surface area contributed by atoms with Crippen LogP contribution in [0.4, 0.5) is 30.7 Å². The summed E-state index contributed by atoms with van der Waals surface area (Å²) in [4.78, 5) is 0. The fourth-order valence-electron chi connectivity index (χ4n) is 1.90. The van der Waals surface area contributed by atoms with Crippen LogP contribution in [0.5, 0.6) is 0 Å². The first-order valence-electron chi connectivity index (χ1n) is 5.63. The van der Waals surface area contributed by atoms with E-state index in [2.05, 4.69) is 0 Å². The molecule has 0 radical (unpaired) electrons. The molecule has 1 rings (SSSR count). The zero-order chi connectivity index (χ0) is 17.4. The summed E-state index contributed by atoms with van der Waals surface area (Å²) in [5.41, 5.74) is -3.62. The maximum atomic E-state index is 13.6. The summed E-state index contributed by atoms with van der Waals surface area (Å²) in [5.74, 6) is -12.2. The Labute approximate surface area is 135 Å². The summed E-state index contributed by atoms with van der Waals surface area (Å²) in [6.45, 7) is 0.577. The Morgan fingerprint density at radius 3 is 1.61 bits per heavy atom. The van der Waals surface area contributed by atoms with Gasteiger partial charge in [-0.2, -0.15) is 18.4 Å². The Morgan fingerprint density at radius 2 is 1.35 bits per heavy atom. The third kappa shape index (κ3) is 3.95. The molecule has 0 saturated carbocycles. The van der Waals surface area contributed by atoms with E-state index in [0.717, 1.165) is 6.07 Å². The third-order valence-electron chi connectivity index (χ3n) is 2.94. The number of nitrogens with zero attached hydrogens (tertiary/aromatic N) is 1. The van der Waals surface area contributed by atoms with Gasteiger partial charge in [0.25, 0.3) is 0 Å². The Kier molecular flexibility index (Phi) is 7.05. The van der Waals surface area contributed by atoms with Crippen LogP contribution in [-0.4, -0.2) is 22.5 Å². The van der Waals surface area contributed by atoms with E-state index in [9.17, 15) is 35.8 Å². The second-order valence-corrected chi connectivity index (χ2v) is 4.41. The minimum atomic E-state index is -5.31. The molecule has 11 heteroatoms. The van der Waals surface area contributed by atoms with Crippen LogP contribution in [-0.2, 0) is 17.1 Å². The van der Waals surface area contributed by atoms with Crippen LogP contribution in [0.2, 0.25) is 0 Å². The fourth-order valence-corrected chi connectivity index (χ4v) is 1.90. The Morgan fingerprint density at radius 1 is 0.957 bits per heavy atom. The van der Waals surface area contributed by atoms with Crippen molar-refractivity contribution < 1.29 is 58.0 Å². The summed E-state index contributed by atoms with van der Waals surface area (Å²) in [5, 5.41) is 26.9. The number of aliphatic hydroxyl groups excluding tert-OH is 2. The molecular formula is C12H8F7FeNO2. The van der Waals surface area contributed by atoms with Crippen molar-refractivity contribution in [2.45, 2.75) is 25.3 Å². The largest absolute Gasteiger partial charge is 0.397 e. The fraction of sp³-hybridized carbons (Fsp3) is 0.417. The van der Waals surface area contributed by atoms with Crippen molar-refractivity contribution in [1.82, 2.24) is 0 Å². The summed E-state index contributed by atoms with van der Waals surface area (Å²) in [7, 11) is 0. The molecule has 0 amide bonds. The minimum absolute atomic E-state index is 0. The number of aliphatic hydroxyl groups is 2. The van der Waals surface area contributed by atoms with E-state index in [0.29, 0.717) is 6.92 Å². The van der Waals surface area contributed by atoms with Gasteiger partial charge in [0, 0.05) is 17.1 Å². The van der Waals surface area contributed by atoms with Crippen molar-refractivity contribution in [3.05, 3.63) is 34.4 Å². The van der Waals surface area contributed by atoms with Gasteiger partial charge in [-0.25, -0.2) is 17.6 Å². The summed E-state index contributed by atoms with van der Waals surface area (Å²) in [6, 6.07) is 0.810. The van der Waals surface area contributed by atoms with Gasteiger partial charge >= 0.3 is 6.18 Å². The first-order chi connectivity index (χ1) is 9.95. The van der Waals surface area contributed by atoms with Crippen LogP contribution in [0.25, 0.3) is 0 Å². The van der Waals surface area contributed by atoms with Crippen LogP contribution in [0.15, 0.2) is 0 Å². The molecule has 23 heavy (non-hydrogen) atoms. The molecule has 0 aliphatic rings. The van der Waals surface area contributed by atoms with Gasteiger partial charge < -0.3 is 10.2 Å². The SMILES string of the molecule is CC(O)C(C(O)c1c(F)c(F)c(C#N)c(F)c1F)C(F)(F)F.[Fe]. The number of halogens is 7. The number of alkyl halides is 3. The quantitative estimate of drug-likeness (QED) is 0.477. The van der Waals surface area contributed by atoms with Crippen molar-refractivity contribution in [2.75, 3.05) is 0 Å². The smallest absolute Gasteiger partial charge is 0.393 e. The van der Waals surface area contributed by atoms with Crippen LogP contribution in [0, 0.1) is 40.5 Å². The second-order valence-electron chi connectivity index (χ2n) is 4.41. The molecule has 2 N–H and O–H groups in total. The third-order valence-corrected chi connectivity index (χ3v) is 2.94. The molecule has 3 unspecified atom stereocenters. The van der Waals surface area contributed by atoms with E-state index in [1.165, 1.54) is 0 Å². The predicted molar refractivity (Wildman–Crippen MR) is 57.2 cm³/mol. The standard InChI is InChI=1S/C12H8F7NO2.Fe/c1-3(21)6(12(17,18)19)11(22)5-9(15)7(13)4(2-20)8(14)10(5)16;/h3,6,11,21-22H,1H3;. The number of benzene rings is 1. The Balaban J connectivity index is 0.00000484. The van der Waals surface area contributed by atoms with Gasteiger partial charge in [0.2, 0.25) is 0 Å². The predicted octanol–water partition coefficient (Wildman–Crippen LogP) is 2.70. The number of nitriles is 1. The normalized spacial score (nSPS) is 15.3. The minimum Gasteiger partial charge on any atom is -0.393 e. The van der Waals surface area contributed by atoms with Crippen molar-refractivity contribution in [2.24, 2.45) is 5.92 Å². The first-order valence-corrected chi connectivity index (χ1v) is 5.63. The molecule has 1 aromatic rings. The number of rotatable bonds is 3. The van der Waals surface area contributed by atoms with Gasteiger partial charge in [-0.15, -0.1) is 0 Å². The number of hydrogen-bond acceptors (Lipinski definition) is 3. The monoisotopic (exact) mass is 387 g/mol. The Bertz CT molecular complexity index is 598. The van der Waals surface area contributed by atoms with Crippen LogP contribution in [0.1, 0.15) is 24.2 Å². The molecule has 3 nitrogen and oxygen atoms in total. The van der Waals surface area contributed by atoms with Crippen LogP contribution in [0.3, 0.4) is 0 Å². The maximum Gasteiger partial charge on any atom is 0.397 e. The van der Waals surface area contributed by atoms with E-state index in [1.807, 2.05) is 0 Å². The molecule has 0 aromatic heterocycles. The zero-order valence-electron chi connectivity index (χ0n) is 11.1. The molecule has 0 bridgehead atoms. The summed E-state index contributed by atoms with van der Waals surface area (Å²) >= 11 is 0. The van der Waals surface area contributed by atoms with E-state index >= 15 is 0 Å². The van der Waals surface area contributed by atoms with Crippen LogP contribution >= 0.6 is 0 Å². The second kappa shape index (κ2) is 7.49. The van der Waals surface area contributed by atoms with Gasteiger partial charge in [0.05, 0.1) is 17.8 Å². The summed E-state index contributed by atoms with van der Waals surface area (Å²) in [6.07, 6.45) is -10.7. The molecule has 0 fully saturated rings. The molecule has 0 saturated heterocycles. The van der Waals surface area contributed by atoms with Gasteiger partial charge in [0.1, 0.15) is 17.6 Å². The van der Waals surface area contributed by atoms with E-state index < -0.39 is 58.7 Å². The molecular weight excluding hydrogens is 379 g/mol. The molecule has 130 valence electrons. The molecule has 3 atom stereocenters. The van der Waals surface area contributed by atoms with E-state index in [4.69, 9.17) is 10.4 Å². The topological polar surface area (TPSA) is 64.2 Å². The average Bonchev–Trinajstić information content (AvgIpc) is 2.35. The zero-order valence-corrected chi connectivity index (χ0v) is 12.2. The first kappa shape index (κ1) is 21.7. The average molecular weight is 387 g/mol. The van der Waals surface area contributed by atoms with Gasteiger partial charge in [0.15, 0.2) is 23.3 Å². The van der Waals surface area contributed by atoms with Crippen molar-refractivity contribution >= 4 is 0 Å². The molecule has 0 spiro atoms.